The number of urea groups is 1. The minimum absolute atomic E-state index is 0.0127. The van der Waals surface area contributed by atoms with E-state index < -0.39 is 0 Å². The number of amides is 2. The number of fused-ring (bicyclic) bond motifs is 1. The fraction of sp³-hybridized carbons (Fsp3) is 0.357. The molecule has 0 saturated carbocycles. The monoisotopic (exact) mass is 319 g/mol. The molecule has 2 atom stereocenters. The summed E-state index contributed by atoms with van der Waals surface area (Å²) in [5.74, 6) is 1.06. The second kappa shape index (κ2) is 5.26. The van der Waals surface area contributed by atoms with Crippen LogP contribution in [0.5, 0.6) is 0 Å². The zero-order valence-corrected chi connectivity index (χ0v) is 12.4. The summed E-state index contributed by atoms with van der Waals surface area (Å²) in [4.78, 5) is 18.0. The Morgan fingerprint density at radius 1 is 1.32 bits per heavy atom. The molecular weight excluding hydrogens is 306 g/mol. The van der Waals surface area contributed by atoms with Crippen molar-refractivity contribution in [3.63, 3.8) is 0 Å². The van der Waals surface area contributed by atoms with Crippen LogP contribution in [0.1, 0.15) is 24.7 Å². The number of carbonyl (C=O) groups is 1. The second-order valence-corrected chi connectivity index (χ2v) is 5.86. The first-order valence-electron chi connectivity index (χ1n) is 7.14. The number of halogens is 1. The van der Waals surface area contributed by atoms with Crippen molar-refractivity contribution in [2.24, 2.45) is 0 Å². The van der Waals surface area contributed by atoms with Crippen molar-refractivity contribution < 1.29 is 9.32 Å². The van der Waals surface area contributed by atoms with E-state index in [9.17, 15) is 4.79 Å². The molecule has 2 aromatic rings. The van der Waals surface area contributed by atoms with E-state index >= 15 is 0 Å². The van der Waals surface area contributed by atoms with E-state index in [1.807, 2.05) is 12.1 Å². The largest absolute Gasteiger partial charge is 0.339 e. The van der Waals surface area contributed by atoms with Crippen LogP contribution in [0.3, 0.4) is 0 Å². The van der Waals surface area contributed by atoms with E-state index in [-0.39, 0.29) is 18.1 Å². The topological polar surface area (TPSA) is 83.3 Å². The smallest absolute Gasteiger partial charge is 0.333 e. The van der Waals surface area contributed by atoms with Gasteiger partial charge in [0.1, 0.15) is 6.17 Å². The molecule has 0 spiro atoms. The lowest BCUT2D eigenvalue weighted by atomic mass is 9.95. The zero-order valence-electron chi connectivity index (χ0n) is 11.6. The van der Waals surface area contributed by atoms with Crippen molar-refractivity contribution in [3.05, 3.63) is 35.2 Å². The van der Waals surface area contributed by atoms with Crippen LogP contribution in [0.15, 0.2) is 28.8 Å². The van der Waals surface area contributed by atoms with Crippen LogP contribution in [-0.2, 0) is 0 Å². The highest BCUT2D eigenvalue weighted by Gasteiger charge is 2.42. The van der Waals surface area contributed by atoms with E-state index in [0.29, 0.717) is 16.7 Å². The zero-order chi connectivity index (χ0) is 15.1. The van der Waals surface area contributed by atoms with Gasteiger partial charge in [-0.1, -0.05) is 16.8 Å². The number of hydrogen-bond acceptors (Lipinski definition) is 5. The number of hydrazine groups is 1. The number of nitrogens with zero attached hydrogens (tertiary/aromatic N) is 3. The number of carbonyl (C=O) groups excluding carboxylic acids is 1. The normalized spacial score (nSPS) is 24.2. The Labute approximate surface area is 131 Å². The van der Waals surface area contributed by atoms with Gasteiger partial charge < -0.3 is 9.42 Å². The van der Waals surface area contributed by atoms with E-state index in [1.165, 1.54) is 0 Å². The third kappa shape index (κ3) is 2.22. The Kier molecular flexibility index (Phi) is 3.24. The summed E-state index contributed by atoms with van der Waals surface area (Å²) in [6.07, 6.45) is 1.67. The Balaban J connectivity index is 1.61. The summed E-state index contributed by atoms with van der Waals surface area (Å²) in [6.45, 7) is 0.734. The molecule has 7 nitrogen and oxygen atoms in total. The van der Waals surface area contributed by atoms with E-state index in [4.69, 9.17) is 16.1 Å². The first-order chi connectivity index (χ1) is 10.7. The van der Waals surface area contributed by atoms with Crippen molar-refractivity contribution in [3.8, 4) is 11.4 Å². The fourth-order valence-electron chi connectivity index (χ4n) is 2.97. The van der Waals surface area contributed by atoms with Crippen LogP contribution in [0, 0.1) is 0 Å². The van der Waals surface area contributed by atoms with Gasteiger partial charge in [0.05, 0.1) is 5.92 Å². The van der Waals surface area contributed by atoms with Gasteiger partial charge in [-0.2, -0.15) is 4.98 Å². The standard InChI is InChI=1S/C14H14ClN5O2/c15-9-5-3-8(4-6-9)11-16-13(22-19-11)10-2-1-7-20-12(10)17-18-14(20)21/h3-6,10,12,17H,1-2,7H2,(H,18,21). The average molecular weight is 320 g/mol. The van der Waals surface area contributed by atoms with E-state index in [1.54, 1.807) is 17.0 Å². The Hall–Kier alpha value is -2.12. The maximum Gasteiger partial charge on any atom is 0.333 e. The van der Waals surface area contributed by atoms with Crippen LogP contribution in [0.4, 0.5) is 4.79 Å². The van der Waals surface area contributed by atoms with Crippen molar-refractivity contribution >= 4 is 17.6 Å². The average Bonchev–Trinajstić information content (AvgIpc) is 3.16. The van der Waals surface area contributed by atoms with Gasteiger partial charge in [0, 0.05) is 17.1 Å². The SMILES string of the molecule is O=C1NNC2C(c3nc(-c4ccc(Cl)cc4)no3)CCCN12. The number of benzene rings is 1. The molecule has 2 fully saturated rings. The first-order valence-corrected chi connectivity index (χ1v) is 7.52. The highest BCUT2D eigenvalue weighted by Crippen LogP contribution is 2.32. The summed E-state index contributed by atoms with van der Waals surface area (Å²) in [5.41, 5.74) is 6.48. The highest BCUT2D eigenvalue weighted by atomic mass is 35.5. The summed E-state index contributed by atoms with van der Waals surface area (Å²) in [6, 6.07) is 7.17. The molecule has 0 aliphatic carbocycles. The second-order valence-electron chi connectivity index (χ2n) is 5.42. The number of hydrogen-bond donors (Lipinski definition) is 2. The molecule has 2 amide bonds. The summed E-state index contributed by atoms with van der Waals surface area (Å²) in [5, 5.41) is 4.71. The van der Waals surface area contributed by atoms with Gasteiger partial charge in [0.15, 0.2) is 0 Å². The van der Waals surface area contributed by atoms with Gasteiger partial charge in [-0.3, -0.25) is 5.43 Å². The van der Waals surface area contributed by atoms with Gasteiger partial charge in [0.25, 0.3) is 0 Å². The molecule has 1 aromatic heterocycles. The lowest BCUT2D eigenvalue weighted by Gasteiger charge is -2.32. The molecule has 2 unspecified atom stereocenters. The molecule has 2 aliphatic heterocycles. The van der Waals surface area contributed by atoms with Crippen molar-refractivity contribution in [2.45, 2.75) is 24.9 Å². The molecule has 2 saturated heterocycles. The predicted molar refractivity (Wildman–Crippen MR) is 78.9 cm³/mol. The Bertz CT molecular complexity index is 702. The quantitative estimate of drug-likeness (QED) is 0.886. The molecule has 22 heavy (non-hydrogen) atoms. The molecule has 0 bridgehead atoms. The number of aromatic nitrogens is 2. The van der Waals surface area contributed by atoms with Crippen molar-refractivity contribution in [1.29, 1.82) is 0 Å². The minimum atomic E-state index is -0.139. The lowest BCUT2D eigenvalue weighted by molar-refractivity contribution is 0.148. The van der Waals surface area contributed by atoms with Crippen LogP contribution >= 0.6 is 11.6 Å². The third-order valence-corrected chi connectivity index (χ3v) is 4.33. The molecule has 4 rings (SSSR count). The summed E-state index contributed by atoms with van der Waals surface area (Å²) < 4.78 is 5.43. The molecule has 114 valence electrons. The number of rotatable bonds is 2. The van der Waals surface area contributed by atoms with Gasteiger partial charge >= 0.3 is 6.03 Å². The fourth-order valence-corrected chi connectivity index (χ4v) is 3.10. The molecular formula is C14H14ClN5O2. The Morgan fingerprint density at radius 2 is 2.14 bits per heavy atom. The van der Waals surface area contributed by atoms with Crippen molar-refractivity contribution in [2.75, 3.05) is 6.54 Å². The minimum Gasteiger partial charge on any atom is -0.339 e. The number of piperidine rings is 1. The summed E-state index contributed by atoms with van der Waals surface area (Å²) in [7, 11) is 0. The van der Waals surface area contributed by atoms with Gasteiger partial charge in [-0.05, 0) is 37.1 Å². The van der Waals surface area contributed by atoms with E-state index in [0.717, 1.165) is 24.9 Å². The lowest BCUT2D eigenvalue weighted by Crippen LogP contribution is -2.46. The third-order valence-electron chi connectivity index (χ3n) is 4.08. The molecule has 2 aliphatic rings. The number of nitrogens with one attached hydrogen (secondary N) is 2. The van der Waals surface area contributed by atoms with Gasteiger partial charge in [-0.25, -0.2) is 10.2 Å². The first kappa shape index (κ1) is 13.5. The highest BCUT2D eigenvalue weighted by molar-refractivity contribution is 6.30. The maximum absolute atomic E-state index is 11.7. The maximum atomic E-state index is 11.7. The predicted octanol–water partition coefficient (Wildman–Crippen LogP) is 2.12. The molecule has 8 heteroatoms. The van der Waals surface area contributed by atoms with Gasteiger partial charge in [-0.15, -0.1) is 0 Å². The van der Waals surface area contributed by atoms with Crippen LogP contribution < -0.4 is 10.9 Å². The molecule has 1 aromatic carbocycles. The van der Waals surface area contributed by atoms with Gasteiger partial charge in [0.2, 0.25) is 11.7 Å². The molecule has 2 N–H and O–H groups in total. The molecule has 3 heterocycles. The van der Waals surface area contributed by atoms with E-state index in [2.05, 4.69) is 21.0 Å². The van der Waals surface area contributed by atoms with Crippen LogP contribution in [-0.4, -0.2) is 33.8 Å². The van der Waals surface area contributed by atoms with Crippen molar-refractivity contribution in [1.82, 2.24) is 25.9 Å². The summed E-state index contributed by atoms with van der Waals surface area (Å²) >= 11 is 5.88. The van der Waals surface area contributed by atoms with Crippen LogP contribution in [0.2, 0.25) is 5.02 Å². The molecule has 0 radical (unpaired) electrons. The van der Waals surface area contributed by atoms with Crippen LogP contribution in [0.25, 0.3) is 11.4 Å². The Morgan fingerprint density at radius 3 is 2.95 bits per heavy atom.